The molecular formula is C23H32N4O2S2. The predicted octanol–water partition coefficient (Wildman–Crippen LogP) is 3.11. The first-order valence-electron chi connectivity index (χ1n) is 10.7. The fourth-order valence-corrected chi connectivity index (χ4v) is 4.73. The lowest BCUT2D eigenvalue weighted by Gasteiger charge is -2.36. The highest BCUT2D eigenvalue weighted by molar-refractivity contribution is 7.90. The van der Waals surface area contributed by atoms with E-state index >= 15 is 0 Å². The van der Waals surface area contributed by atoms with Gasteiger partial charge in [0.05, 0.1) is 11.8 Å². The van der Waals surface area contributed by atoms with Crippen LogP contribution in [0.1, 0.15) is 30.9 Å². The van der Waals surface area contributed by atoms with E-state index in [1.54, 1.807) is 18.4 Å². The third kappa shape index (κ3) is 7.08. The van der Waals surface area contributed by atoms with E-state index in [2.05, 4.69) is 45.4 Å². The van der Waals surface area contributed by atoms with E-state index < -0.39 is 17.3 Å². The smallest absolute Gasteiger partial charge is 0.175 e. The molecule has 1 fully saturated rings. The van der Waals surface area contributed by atoms with Gasteiger partial charge in [0.15, 0.2) is 10.0 Å². The van der Waals surface area contributed by atoms with Crippen LogP contribution >= 0.6 is 12.2 Å². The number of nitrogens with one attached hydrogen (secondary N) is 1. The van der Waals surface area contributed by atoms with Gasteiger partial charge in [0.1, 0.15) is 6.26 Å². The minimum absolute atomic E-state index is 0.116. The van der Waals surface area contributed by atoms with E-state index in [1.807, 2.05) is 6.07 Å². The normalized spacial score (nSPS) is 16.7. The molecule has 8 heteroatoms. The van der Waals surface area contributed by atoms with Crippen molar-refractivity contribution in [3.63, 3.8) is 0 Å². The lowest BCUT2D eigenvalue weighted by molar-refractivity contribution is 0.160. The number of nitrogens with zero attached hydrogens (tertiary/aromatic N) is 2. The van der Waals surface area contributed by atoms with E-state index in [1.165, 1.54) is 5.69 Å². The number of hydrogen-bond donors (Lipinski definition) is 3. The second kappa shape index (κ2) is 11.7. The third-order valence-electron chi connectivity index (χ3n) is 5.65. The molecule has 4 N–H and O–H groups in total. The summed E-state index contributed by atoms with van der Waals surface area (Å²) in [6.07, 6.45) is 3.72. The number of rotatable bonds is 9. The van der Waals surface area contributed by atoms with E-state index in [0.29, 0.717) is 17.0 Å². The summed E-state index contributed by atoms with van der Waals surface area (Å²) in [5.74, 6) is 0. The Hall–Kier alpha value is -1.84. The molecule has 0 radical (unpaired) electrons. The van der Waals surface area contributed by atoms with Crippen molar-refractivity contribution in [2.75, 3.05) is 49.2 Å². The zero-order chi connectivity index (χ0) is 22.2. The van der Waals surface area contributed by atoms with Gasteiger partial charge in [-0.2, -0.15) is 0 Å². The Morgan fingerprint density at radius 1 is 1.16 bits per heavy atom. The van der Waals surface area contributed by atoms with Crippen molar-refractivity contribution in [3.05, 3.63) is 54.1 Å². The molecule has 3 rings (SSSR count). The van der Waals surface area contributed by atoms with Crippen molar-refractivity contribution in [1.29, 1.82) is 0 Å². The Labute approximate surface area is 193 Å². The summed E-state index contributed by atoms with van der Waals surface area (Å²) in [6.45, 7) is 5.30. The molecule has 0 amide bonds. The van der Waals surface area contributed by atoms with Crippen LogP contribution < -0.4 is 16.0 Å². The second-order valence-corrected chi connectivity index (χ2v) is 9.66. The standard InChI is InChI=1S/C23H32N4O2S2/c1-31(29)22-11-10-18(17-20(22)25-23(24)30)21(28)9-5-6-12-26-13-15-27(16-14-26)19-7-3-2-4-8-19/h2-4,7-8,10-11,17,21,28H,5-6,9,12-16H2,1H3,(H3,24,25,30). The van der Waals surface area contributed by atoms with Crippen molar-refractivity contribution in [2.45, 2.75) is 30.3 Å². The second-order valence-electron chi connectivity index (χ2n) is 7.87. The molecule has 1 aliphatic heterocycles. The Bertz CT molecular complexity index is 843. The van der Waals surface area contributed by atoms with Crippen LogP contribution in [0.3, 0.4) is 0 Å². The molecule has 168 valence electrons. The monoisotopic (exact) mass is 460 g/mol. The first kappa shape index (κ1) is 23.8. The van der Waals surface area contributed by atoms with Gasteiger partial charge in [0, 0.05) is 31.9 Å². The Morgan fingerprint density at radius 2 is 1.87 bits per heavy atom. The lowest BCUT2D eigenvalue weighted by Crippen LogP contribution is -2.46. The summed E-state index contributed by atoms with van der Waals surface area (Å²) in [4.78, 5) is 5.56. The molecule has 2 unspecified atom stereocenters. The average molecular weight is 461 g/mol. The minimum Gasteiger partial charge on any atom is -0.612 e. The van der Waals surface area contributed by atoms with Crippen molar-refractivity contribution in [2.24, 2.45) is 5.73 Å². The Morgan fingerprint density at radius 3 is 2.52 bits per heavy atom. The van der Waals surface area contributed by atoms with Crippen LogP contribution in [0, 0.1) is 0 Å². The molecular weight excluding hydrogens is 428 g/mol. The molecule has 1 heterocycles. The maximum Gasteiger partial charge on any atom is 0.175 e. The summed E-state index contributed by atoms with van der Waals surface area (Å²) in [6, 6.07) is 16.0. The maximum atomic E-state index is 11.9. The van der Waals surface area contributed by atoms with Crippen LogP contribution in [0.15, 0.2) is 53.4 Å². The van der Waals surface area contributed by atoms with Gasteiger partial charge in [-0.1, -0.05) is 24.3 Å². The first-order chi connectivity index (χ1) is 14.9. The van der Waals surface area contributed by atoms with E-state index in [9.17, 15) is 9.66 Å². The number of piperazine rings is 1. The molecule has 31 heavy (non-hydrogen) atoms. The Balaban J connectivity index is 1.42. The predicted molar refractivity (Wildman–Crippen MR) is 133 cm³/mol. The molecule has 0 spiro atoms. The molecule has 1 saturated heterocycles. The van der Waals surface area contributed by atoms with E-state index in [4.69, 9.17) is 18.0 Å². The lowest BCUT2D eigenvalue weighted by atomic mass is 10.0. The largest absolute Gasteiger partial charge is 0.612 e. The fraction of sp³-hybridized carbons (Fsp3) is 0.435. The van der Waals surface area contributed by atoms with Crippen molar-refractivity contribution in [1.82, 2.24) is 4.90 Å². The number of hydrogen-bond acceptors (Lipinski definition) is 5. The van der Waals surface area contributed by atoms with E-state index in [0.717, 1.165) is 51.1 Å². The summed E-state index contributed by atoms with van der Waals surface area (Å²) in [5.41, 5.74) is 8.26. The van der Waals surface area contributed by atoms with Gasteiger partial charge in [-0.15, -0.1) is 0 Å². The number of aliphatic hydroxyl groups excluding tert-OH is 1. The molecule has 0 aliphatic carbocycles. The Kier molecular flexibility index (Phi) is 8.98. The van der Waals surface area contributed by atoms with Crippen molar-refractivity contribution in [3.8, 4) is 0 Å². The van der Waals surface area contributed by atoms with Crippen molar-refractivity contribution < 1.29 is 9.66 Å². The van der Waals surface area contributed by atoms with Crippen LogP contribution in [0.5, 0.6) is 0 Å². The SMILES string of the molecule is C[S+]([O-])c1ccc(C(O)CCCCN2CCN(c3ccccc3)CC2)cc1NC(N)=S. The van der Waals surface area contributed by atoms with Crippen molar-refractivity contribution >= 4 is 39.9 Å². The van der Waals surface area contributed by atoms with Gasteiger partial charge in [-0.05, 0) is 79.0 Å². The molecule has 0 saturated carbocycles. The first-order valence-corrected chi connectivity index (χ1v) is 12.6. The van der Waals surface area contributed by atoms with Gasteiger partial charge in [0.2, 0.25) is 0 Å². The summed E-state index contributed by atoms with van der Waals surface area (Å²) >= 11 is 3.74. The topological polar surface area (TPSA) is 87.8 Å². The quantitative estimate of drug-likeness (QED) is 0.301. The highest BCUT2D eigenvalue weighted by Crippen LogP contribution is 2.28. The maximum absolute atomic E-state index is 11.9. The highest BCUT2D eigenvalue weighted by atomic mass is 32.2. The fourth-order valence-electron chi connectivity index (χ4n) is 3.94. The number of anilines is 2. The number of unbranched alkanes of at least 4 members (excludes halogenated alkanes) is 1. The van der Waals surface area contributed by atoms with Crippen LogP contribution in [0.2, 0.25) is 0 Å². The average Bonchev–Trinajstić information content (AvgIpc) is 2.77. The number of thiocarbonyl (C=S) groups is 1. The van der Waals surface area contributed by atoms with Gasteiger partial charge in [0.25, 0.3) is 0 Å². The molecule has 6 nitrogen and oxygen atoms in total. The van der Waals surface area contributed by atoms with Crippen LogP contribution in [-0.4, -0.2) is 58.7 Å². The van der Waals surface area contributed by atoms with Crippen LogP contribution in [0.4, 0.5) is 11.4 Å². The number of benzene rings is 2. The number of aliphatic hydroxyl groups is 1. The minimum atomic E-state index is -1.17. The van der Waals surface area contributed by atoms with E-state index in [-0.39, 0.29) is 5.11 Å². The molecule has 0 bridgehead atoms. The van der Waals surface area contributed by atoms with Gasteiger partial charge < -0.3 is 25.6 Å². The summed E-state index contributed by atoms with van der Waals surface area (Å²) in [7, 11) is 0. The third-order valence-corrected chi connectivity index (χ3v) is 6.73. The zero-order valence-electron chi connectivity index (χ0n) is 18.0. The summed E-state index contributed by atoms with van der Waals surface area (Å²) < 4.78 is 11.9. The molecule has 2 aromatic rings. The van der Waals surface area contributed by atoms with Crippen LogP contribution in [-0.2, 0) is 11.2 Å². The highest BCUT2D eigenvalue weighted by Gasteiger charge is 2.18. The molecule has 2 aromatic carbocycles. The molecule has 0 aromatic heterocycles. The summed E-state index contributed by atoms with van der Waals surface area (Å²) in [5, 5.41) is 13.6. The molecule has 1 aliphatic rings. The number of nitrogens with two attached hydrogens (primary N) is 1. The molecule has 2 atom stereocenters. The van der Waals surface area contributed by atoms with Gasteiger partial charge in [-0.25, -0.2) is 0 Å². The van der Waals surface area contributed by atoms with Crippen LogP contribution in [0.25, 0.3) is 0 Å². The van der Waals surface area contributed by atoms with Gasteiger partial charge in [-0.3, -0.25) is 4.90 Å². The number of para-hydroxylation sites is 1. The zero-order valence-corrected chi connectivity index (χ0v) is 19.6. The van der Waals surface area contributed by atoms with Gasteiger partial charge >= 0.3 is 0 Å².